The van der Waals surface area contributed by atoms with Crippen LogP contribution in [-0.4, -0.2) is 34.5 Å². The Morgan fingerprint density at radius 3 is 2.95 bits per heavy atom. The van der Waals surface area contributed by atoms with Gasteiger partial charge in [0, 0.05) is 32.5 Å². The molecule has 0 saturated carbocycles. The van der Waals surface area contributed by atoms with Crippen molar-refractivity contribution in [3.63, 3.8) is 0 Å². The first-order valence-electron chi connectivity index (χ1n) is 6.95. The molecular weight excluding hydrogens is 238 g/mol. The summed E-state index contributed by atoms with van der Waals surface area (Å²) in [5.74, 6) is 3.37. The van der Waals surface area contributed by atoms with Crippen LogP contribution in [0.25, 0.3) is 5.65 Å². The van der Waals surface area contributed by atoms with E-state index in [0.29, 0.717) is 0 Å². The smallest absolute Gasteiger partial charge is 0.180 e. The Kier molecular flexibility index (Phi) is 3.05. The van der Waals surface area contributed by atoms with Crippen molar-refractivity contribution in [1.82, 2.24) is 14.4 Å². The Labute approximate surface area is 113 Å². The molecule has 1 aliphatic rings. The zero-order valence-electron chi connectivity index (χ0n) is 11.8. The first-order valence-corrected chi connectivity index (χ1v) is 6.95. The quantitative estimate of drug-likeness (QED) is 0.918. The summed E-state index contributed by atoms with van der Waals surface area (Å²) in [6.07, 6.45) is 7.02. The van der Waals surface area contributed by atoms with E-state index in [1.165, 1.54) is 6.42 Å². The Balaban J connectivity index is 1.98. The molecule has 0 bridgehead atoms. The molecule has 0 amide bonds. The van der Waals surface area contributed by atoms with Gasteiger partial charge in [0.25, 0.3) is 0 Å². The number of hydrogen-bond acceptors (Lipinski definition) is 4. The average molecular weight is 259 g/mol. The SMILES string of the molecule is CNc1cn2ccnc2c(N2CCC(C(C)C)C2)n1. The minimum atomic E-state index is 0.730. The first kappa shape index (κ1) is 12.3. The maximum Gasteiger partial charge on any atom is 0.180 e. The Morgan fingerprint density at radius 1 is 1.42 bits per heavy atom. The molecule has 1 unspecified atom stereocenters. The topological polar surface area (TPSA) is 45.5 Å². The standard InChI is InChI=1S/C14H21N5/c1-10(2)11-4-6-18(8-11)14-13-16-5-7-19(13)9-12(15-3)17-14/h5,7,9-11,15H,4,6,8H2,1-3H3. The Hall–Kier alpha value is -1.78. The number of anilines is 2. The van der Waals surface area contributed by atoms with Gasteiger partial charge in [0.2, 0.25) is 0 Å². The average Bonchev–Trinajstić information content (AvgIpc) is 3.06. The van der Waals surface area contributed by atoms with E-state index in [1.54, 1.807) is 0 Å². The number of hydrogen-bond donors (Lipinski definition) is 1. The molecular formula is C14H21N5. The molecule has 1 aliphatic heterocycles. The zero-order valence-corrected chi connectivity index (χ0v) is 11.8. The number of fused-ring (bicyclic) bond motifs is 1. The van der Waals surface area contributed by atoms with Gasteiger partial charge >= 0.3 is 0 Å². The highest BCUT2D eigenvalue weighted by Gasteiger charge is 2.27. The van der Waals surface area contributed by atoms with E-state index in [0.717, 1.165) is 42.2 Å². The Morgan fingerprint density at radius 2 is 2.26 bits per heavy atom. The van der Waals surface area contributed by atoms with Crippen molar-refractivity contribution in [2.24, 2.45) is 11.8 Å². The van der Waals surface area contributed by atoms with Crippen molar-refractivity contribution < 1.29 is 0 Å². The fraction of sp³-hybridized carbons (Fsp3) is 0.571. The highest BCUT2D eigenvalue weighted by molar-refractivity contribution is 5.67. The minimum absolute atomic E-state index is 0.730. The lowest BCUT2D eigenvalue weighted by Gasteiger charge is -2.20. The molecule has 102 valence electrons. The van der Waals surface area contributed by atoms with Gasteiger partial charge in [-0.05, 0) is 18.3 Å². The van der Waals surface area contributed by atoms with Crippen LogP contribution in [0.15, 0.2) is 18.6 Å². The van der Waals surface area contributed by atoms with Crippen molar-refractivity contribution in [3.8, 4) is 0 Å². The lowest BCUT2D eigenvalue weighted by Crippen LogP contribution is -2.23. The largest absolute Gasteiger partial charge is 0.372 e. The van der Waals surface area contributed by atoms with Gasteiger partial charge in [-0.2, -0.15) is 0 Å². The first-order chi connectivity index (χ1) is 9.19. The molecule has 1 fully saturated rings. The predicted octanol–water partition coefficient (Wildman–Crippen LogP) is 2.25. The molecule has 1 saturated heterocycles. The molecule has 0 aromatic carbocycles. The third kappa shape index (κ3) is 2.13. The maximum atomic E-state index is 4.70. The van der Waals surface area contributed by atoms with Gasteiger partial charge in [-0.1, -0.05) is 13.8 Å². The molecule has 5 heteroatoms. The molecule has 0 spiro atoms. The van der Waals surface area contributed by atoms with Crippen molar-refractivity contribution in [3.05, 3.63) is 18.6 Å². The fourth-order valence-electron chi connectivity index (χ4n) is 2.77. The molecule has 0 radical (unpaired) electrons. The van der Waals surface area contributed by atoms with Crippen LogP contribution in [0.2, 0.25) is 0 Å². The van der Waals surface area contributed by atoms with Gasteiger partial charge < -0.3 is 14.6 Å². The van der Waals surface area contributed by atoms with Gasteiger partial charge in [0.1, 0.15) is 5.82 Å². The normalized spacial score (nSPS) is 19.6. The van der Waals surface area contributed by atoms with Gasteiger partial charge in [0.15, 0.2) is 11.5 Å². The van der Waals surface area contributed by atoms with Crippen LogP contribution < -0.4 is 10.2 Å². The number of aromatic nitrogens is 3. The summed E-state index contributed by atoms with van der Waals surface area (Å²) in [4.78, 5) is 11.5. The fourth-order valence-corrected chi connectivity index (χ4v) is 2.77. The zero-order chi connectivity index (χ0) is 13.4. The lowest BCUT2D eigenvalue weighted by atomic mass is 9.95. The van der Waals surface area contributed by atoms with Gasteiger partial charge in [-0.3, -0.25) is 0 Å². The monoisotopic (exact) mass is 259 g/mol. The number of imidazole rings is 1. The van der Waals surface area contributed by atoms with Crippen LogP contribution in [0.5, 0.6) is 0 Å². The molecule has 2 aromatic heterocycles. The molecule has 19 heavy (non-hydrogen) atoms. The van der Waals surface area contributed by atoms with Crippen LogP contribution in [0.1, 0.15) is 20.3 Å². The second kappa shape index (κ2) is 4.72. The molecule has 1 atom stereocenters. The summed E-state index contributed by atoms with van der Waals surface area (Å²) >= 11 is 0. The molecule has 2 aromatic rings. The van der Waals surface area contributed by atoms with E-state index >= 15 is 0 Å². The van der Waals surface area contributed by atoms with E-state index in [-0.39, 0.29) is 0 Å². The van der Waals surface area contributed by atoms with Crippen LogP contribution in [0, 0.1) is 11.8 Å². The summed E-state index contributed by atoms with van der Waals surface area (Å²) < 4.78 is 2.04. The van der Waals surface area contributed by atoms with Gasteiger partial charge in [-0.25, -0.2) is 9.97 Å². The van der Waals surface area contributed by atoms with Crippen LogP contribution >= 0.6 is 0 Å². The molecule has 5 nitrogen and oxygen atoms in total. The predicted molar refractivity (Wildman–Crippen MR) is 77.7 cm³/mol. The Bertz CT molecular complexity index is 574. The lowest BCUT2D eigenvalue weighted by molar-refractivity contribution is 0.422. The van der Waals surface area contributed by atoms with E-state index < -0.39 is 0 Å². The van der Waals surface area contributed by atoms with E-state index in [4.69, 9.17) is 4.98 Å². The highest BCUT2D eigenvalue weighted by atomic mass is 15.3. The van der Waals surface area contributed by atoms with Crippen molar-refractivity contribution in [1.29, 1.82) is 0 Å². The third-order valence-electron chi connectivity index (χ3n) is 4.08. The number of rotatable bonds is 3. The van der Waals surface area contributed by atoms with E-state index in [1.807, 2.05) is 30.0 Å². The summed E-state index contributed by atoms with van der Waals surface area (Å²) in [5, 5.41) is 3.12. The second-order valence-corrected chi connectivity index (χ2v) is 5.60. The van der Waals surface area contributed by atoms with E-state index in [9.17, 15) is 0 Å². The summed E-state index contributed by atoms with van der Waals surface area (Å²) in [5.41, 5.74) is 0.948. The van der Waals surface area contributed by atoms with Gasteiger partial charge in [-0.15, -0.1) is 0 Å². The summed E-state index contributed by atoms with van der Waals surface area (Å²) in [7, 11) is 1.90. The van der Waals surface area contributed by atoms with Crippen LogP contribution in [0.4, 0.5) is 11.6 Å². The summed E-state index contributed by atoms with van der Waals surface area (Å²) in [6, 6.07) is 0. The molecule has 0 aliphatic carbocycles. The molecule has 3 rings (SSSR count). The van der Waals surface area contributed by atoms with E-state index in [2.05, 4.69) is 29.0 Å². The van der Waals surface area contributed by atoms with Crippen molar-refractivity contribution in [2.45, 2.75) is 20.3 Å². The maximum absolute atomic E-state index is 4.70. The second-order valence-electron chi connectivity index (χ2n) is 5.60. The molecule has 1 N–H and O–H groups in total. The van der Waals surface area contributed by atoms with Crippen molar-refractivity contribution >= 4 is 17.3 Å². The third-order valence-corrected chi connectivity index (χ3v) is 4.08. The summed E-state index contributed by atoms with van der Waals surface area (Å²) in [6.45, 7) is 6.76. The highest BCUT2D eigenvalue weighted by Crippen LogP contribution is 2.29. The van der Waals surface area contributed by atoms with Crippen LogP contribution in [-0.2, 0) is 0 Å². The number of nitrogens with zero attached hydrogens (tertiary/aromatic N) is 4. The van der Waals surface area contributed by atoms with Crippen LogP contribution in [0.3, 0.4) is 0 Å². The minimum Gasteiger partial charge on any atom is -0.372 e. The van der Waals surface area contributed by atoms with Gasteiger partial charge in [0.05, 0.1) is 6.20 Å². The number of nitrogens with one attached hydrogen (secondary N) is 1. The van der Waals surface area contributed by atoms with Crippen molar-refractivity contribution in [2.75, 3.05) is 30.4 Å². The molecule has 3 heterocycles.